The second kappa shape index (κ2) is 10.0. The summed E-state index contributed by atoms with van der Waals surface area (Å²) in [6.07, 6.45) is 0. The third-order valence-corrected chi connectivity index (χ3v) is 6.04. The molecule has 0 atom stereocenters. The van der Waals surface area contributed by atoms with Crippen LogP contribution in [-0.2, 0) is 16.1 Å². The number of aromatic nitrogens is 1. The second-order valence-electron chi connectivity index (χ2n) is 7.09. The normalized spacial score (nSPS) is 11.7. The minimum atomic E-state index is -0.582. The maximum atomic E-state index is 13.1. The molecule has 178 valence electrons. The summed E-state index contributed by atoms with van der Waals surface area (Å²) in [5.74, 6) is 0.606. The summed E-state index contributed by atoms with van der Waals surface area (Å²) in [7, 11) is 3.06. The number of hydrogen-bond acceptors (Lipinski definition) is 8. The molecule has 2 aromatic heterocycles. The Labute approximate surface area is 199 Å². The number of fused-ring (bicyclic) bond motifs is 2. The predicted octanol–water partition coefficient (Wildman–Crippen LogP) is 4.17. The SMILES string of the molecule is CCOC(=O)Cn1c(=NC(=O)c2cc3cccc(OCC)c3o2)sc2cc(OC)c(OC)cc21. The lowest BCUT2D eigenvalue weighted by atomic mass is 10.2. The van der Waals surface area contributed by atoms with Crippen molar-refractivity contribution in [2.24, 2.45) is 4.99 Å². The summed E-state index contributed by atoms with van der Waals surface area (Å²) in [5.41, 5.74) is 1.14. The molecule has 9 nitrogen and oxygen atoms in total. The van der Waals surface area contributed by atoms with Gasteiger partial charge < -0.3 is 27.9 Å². The quantitative estimate of drug-likeness (QED) is 0.346. The summed E-state index contributed by atoms with van der Waals surface area (Å²) >= 11 is 1.24. The number of furan rings is 1. The lowest BCUT2D eigenvalue weighted by Crippen LogP contribution is -2.23. The Balaban J connectivity index is 1.84. The molecule has 0 unspecified atom stereocenters. The molecule has 0 aliphatic heterocycles. The van der Waals surface area contributed by atoms with E-state index in [9.17, 15) is 9.59 Å². The van der Waals surface area contributed by atoms with E-state index in [-0.39, 0.29) is 18.9 Å². The van der Waals surface area contributed by atoms with Crippen LogP contribution in [0.4, 0.5) is 0 Å². The minimum absolute atomic E-state index is 0.0671. The van der Waals surface area contributed by atoms with Crippen molar-refractivity contribution in [1.82, 2.24) is 4.57 Å². The molecule has 0 saturated carbocycles. The zero-order valence-corrected chi connectivity index (χ0v) is 20.1. The number of esters is 1. The Hall–Kier alpha value is -3.79. The molecule has 10 heteroatoms. The van der Waals surface area contributed by atoms with Crippen LogP contribution in [0.15, 0.2) is 45.8 Å². The maximum absolute atomic E-state index is 13.1. The van der Waals surface area contributed by atoms with E-state index in [0.717, 1.165) is 10.1 Å². The molecule has 2 heterocycles. The van der Waals surface area contributed by atoms with Gasteiger partial charge >= 0.3 is 11.9 Å². The van der Waals surface area contributed by atoms with Crippen molar-refractivity contribution in [2.75, 3.05) is 27.4 Å². The van der Waals surface area contributed by atoms with E-state index in [4.69, 9.17) is 23.4 Å². The number of rotatable bonds is 8. The average Bonchev–Trinajstić information content (AvgIpc) is 3.40. The van der Waals surface area contributed by atoms with Crippen molar-refractivity contribution in [2.45, 2.75) is 20.4 Å². The van der Waals surface area contributed by atoms with Crippen molar-refractivity contribution in [1.29, 1.82) is 0 Å². The largest absolute Gasteiger partial charge is 0.493 e. The fourth-order valence-electron chi connectivity index (χ4n) is 3.52. The molecule has 0 aliphatic carbocycles. The van der Waals surface area contributed by atoms with Crippen molar-refractivity contribution >= 4 is 44.4 Å². The van der Waals surface area contributed by atoms with E-state index in [1.54, 1.807) is 35.8 Å². The molecule has 0 saturated heterocycles. The average molecular weight is 485 g/mol. The topological polar surface area (TPSA) is 101 Å². The third kappa shape index (κ3) is 4.49. The van der Waals surface area contributed by atoms with Crippen LogP contribution in [0, 0.1) is 0 Å². The first-order valence-electron chi connectivity index (χ1n) is 10.6. The Morgan fingerprint density at radius 2 is 1.79 bits per heavy atom. The molecular formula is C24H24N2O7S. The van der Waals surface area contributed by atoms with E-state index in [1.165, 1.54) is 25.6 Å². The summed E-state index contributed by atoms with van der Waals surface area (Å²) in [6, 6.07) is 10.6. The Bertz CT molecular complexity index is 1430. The van der Waals surface area contributed by atoms with Gasteiger partial charge in [0.1, 0.15) is 6.54 Å². The van der Waals surface area contributed by atoms with Crippen molar-refractivity contribution in [3.8, 4) is 17.2 Å². The number of carbonyl (C=O) groups excluding carboxylic acids is 2. The molecule has 0 radical (unpaired) electrons. The summed E-state index contributed by atoms with van der Waals surface area (Å²) in [5, 5.41) is 0.731. The smallest absolute Gasteiger partial charge is 0.326 e. The van der Waals surface area contributed by atoms with Crippen molar-refractivity contribution in [3.05, 3.63) is 47.0 Å². The molecule has 2 aromatic carbocycles. The Morgan fingerprint density at radius 1 is 1.03 bits per heavy atom. The zero-order valence-electron chi connectivity index (χ0n) is 19.2. The number of thiazole rings is 1. The number of carbonyl (C=O) groups is 2. The fourth-order valence-corrected chi connectivity index (χ4v) is 4.56. The van der Waals surface area contributed by atoms with Gasteiger partial charge in [0.15, 0.2) is 33.4 Å². The first-order valence-corrected chi connectivity index (χ1v) is 11.5. The van der Waals surface area contributed by atoms with Gasteiger partial charge in [0, 0.05) is 17.5 Å². The molecule has 4 rings (SSSR count). The lowest BCUT2D eigenvalue weighted by molar-refractivity contribution is -0.143. The molecule has 0 bridgehead atoms. The number of nitrogens with zero attached hydrogens (tertiary/aromatic N) is 2. The fraction of sp³-hybridized carbons (Fsp3) is 0.292. The first-order chi connectivity index (χ1) is 16.5. The third-order valence-electron chi connectivity index (χ3n) is 5.00. The van der Waals surface area contributed by atoms with E-state index in [1.807, 2.05) is 19.1 Å². The predicted molar refractivity (Wildman–Crippen MR) is 127 cm³/mol. The number of ether oxygens (including phenoxy) is 4. The first kappa shape index (κ1) is 23.4. The molecule has 0 fully saturated rings. The standard InChI is InChI=1S/C24H24N2O7S/c1-5-31-16-9-7-8-14-10-19(33-22(14)16)23(28)25-24-26(13-21(27)32-6-2)15-11-17(29-3)18(30-4)12-20(15)34-24/h7-12H,5-6,13H2,1-4H3. The van der Waals surface area contributed by atoms with Gasteiger partial charge in [-0.05, 0) is 26.0 Å². The summed E-state index contributed by atoms with van der Waals surface area (Å²) in [6.45, 7) is 4.19. The maximum Gasteiger partial charge on any atom is 0.326 e. The van der Waals surface area contributed by atoms with Crippen LogP contribution in [-0.4, -0.2) is 43.9 Å². The monoisotopic (exact) mass is 484 g/mol. The van der Waals surface area contributed by atoms with Crippen LogP contribution in [0.1, 0.15) is 24.4 Å². The lowest BCUT2D eigenvalue weighted by Gasteiger charge is -2.09. The number of hydrogen-bond donors (Lipinski definition) is 0. The molecule has 0 N–H and O–H groups in total. The Morgan fingerprint density at radius 3 is 2.50 bits per heavy atom. The van der Waals surface area contributed by atoms with Gasteiger partial charge in [-0.25, -0.2) is 0 Å². The molecule has 0 spiro atoms. The van der Waals surface area contributed by atoms with Crippen LogP contribution in [0.2, 0.25) is 0 Å². The van der Waals surface area contributed by atoms with Gasteiger partial charge in [-0.1, -0.05) is 23.5 Å². The highest BCUT2D eigenvalue weighted by Crippen LogP contribution is 2.33. The number of amides is 1. The molecule has 0 aliphatic rings. The van der Waals surface area contributed by atoms with Crippen LogP contribution in [0.5, 0.6) is 17.2 Å². The van der Waals surface area contributed by atoms with Gasteiger partial charge in [-0.15, -0.1) is 0 Å². The molecule has 34 heavy (non-hydrogen) atoms. The van der Waals surface area contributed by atoms with Crippen LogP contribution >= 0.6 is 11.3 Å². The van der Waals surface area contributed by atoms with Crippen molar-refractivity contribution < 1.29 is 33.0 Å². The van der Waals surface area contributed by atoms with Gasteiger partial charge in [-0.2, -0.15) is 4.99 Å². The zero-order chi connectivity index (χ0) is 24.2. The number of para-hydroxylation sites is 1. The van der Waals surface area contributed by atoms with Gasteiger partial charge in [0.05, 0.1) is 37.6 Å². The highest BCUT2D eigenvalue weighted by Gasteiger charge is 2.18. The van der Waals surface area contributed by atoms with Gasteiger partial charge in [0.2, 0.25) is 0 Å². The van der Waals surface area contributed by atoms with Gasteiger partial charge in [0.25, 0.3) is 0 Å². The van der Waals surface area contributed by atoms with Crippen molar-refractivity contribution in [3.63, 3.8) is 0 Å². The molecule has 1 amide bonds. The van der Waals surface area contributed by atoms with E-state index >= 15 is 0 Å². The van der Waals surface area contributed by atoms with Crippen LogP contribution in [0.25, 0.3) is 21.2 Å². The second-order valence-corrected chi connectivity index (χ2v) is 8.09. The van der Waals surface area contributed by atoms with Crippen LogP contribution < -0.4 is 19.0 Å². The van der Waals surface area contributed by atoms with E-state index < -0.39 is 11.9 Å². The number of benzene rings is 2. The van der Waals surface area contributed by atoms with E-state index in [2.05, 4.69) is 4.99 Å². The van der Waals surface area contributed by atoms with E-state index in [0.29, 0.717) is 39.8 Å². The van der Waals surface area contributed by atoms with Crippen LogP contribution in [0.3, 0.4) is 0 Å². The highest BCUT2D eigenvalue weighted by atomic mass is 32.1. The number of methoxy groups -OCH3 is 2. The molecular weight excluding hydrogens is 460 g/mol. The Kier molecular flexibility index (Phi) is 6.87. The molecule has 4 aromatic rings. The minimum Gasteiger partial charge on any atom is -0.493 e. The summed E-state index contributed by atoms with van der Waals surface area (Å²) in [4.78, 5) is 30.0. The summed E-state index contributed by atoms with van der Waals surface area (Å²) < 4.78 is 29.7. The van der Waals surface area contributed by atoms with Gasteiger partial charge in [-0.3, -0.25) is 9.59 Å². The highest BCUT2D eigenvalue weighted by molar-refractivity contribution is 7.16.